The molecule has 3 heterocycles. The molecule has 3 unspecified atom stereocenters. The number of hydrogen-bond donors (Lipinski definition) is 3. The number of β-amino-alcohol motifs (C(OH)–C–C–N with tert-alkyl or cyclic N) is 1. The number of hydrogen-bond acceptors (Lipinski definition) is 5. The Labute approximate surface area is 226 Å². The molecule has 0 aromatic heterocycles. The molecule has 3 aliphatic heterocycles. The van der Waals surface area contributed by atoms with Crippen LogP contribution in [0.3, 0.4) is 0 Å². The van der Waals surface area contributed by atoms with Crippen molar-refractivity contribution < 1.29 is 19.5 Å². The molecule has 3 N–H and O–H groups in total. The van der Waals surface area contributed by atoms with Gasteiger partial charge in [-0.3, -0.25) is 14.4 Å². The maximum absolute atomic E-state index is 13.9. The molecule has 198 valence electrons. The quantitative estimate of drug-likeness (QED) is 0.411. The second-order valence-corrected chi connectivity index (χ2v) is 14.9. The van der Waals surface area contributed by atoms with Crippen molar-refractivity contribution in [2.24, 2.45) is 17.3 Å². The summed E-state index contributed by atoms with van der Waals surface area (Å²) >= 11 is 5.39. The lowest BCUT2D eigenvalue weighted by Crippen LogP contribution is -2.59. The van der Waals surface area contributed by atoms with Crippen molar-refractivity contribution in [2.75, 3.05) is 13.2 Å². The van der Waals surface area contributed by atoms with Gasteiger partial charge in [0.15, 0.2) is 0 Å². The second kappa shape index (κ2) is 9.95. The van der Waals surface area contributed by atoms with Crippen LogP contribution in [-0.2, 0) is 20.9 Å². The number of amides is 3. The van der Waals surface area contributed by atoms with Gasteiger partial charge in [0.1, 0.15) is 6.04 Å². The van der Waals surface area contributed by atoms with Crippen LogP contribution in [0.25, 0.3) is 0 Å². The summed E-state index contributed by atoms with van der Waals surface area (Å²) in [6.07, 6.45) is 1.39. The Morgan fingerprint density at radius 1 is 1.17 bits per heavy atom. The predicted molar refractivity (Wildman–Crippen MR) is 146 cm³/mol. The topological polar surface area (TPSA) is 98.7 Å². The number of carbonyl (C=O) groups excluding carboxylic acids is 3. The molecule has 9 heteroatoms. The van der Waals surface area contributed by atoms with Crippen LogP contribution in [0.5, 0.6) is 0 Å². The zero-order valence-corrected chi connectivity index (χ0v) is 24.1. The first kappa shape index (κ1) is 27.5. The molecule has 7 nitrogen and oxygen atoms in total. The third-order valence-electron chi connectivity index (χ3n) is 7.42. The fourth-order valence-electron chi connectivity index (χ4n) is 6.75. The molecule has 6 atom stereocenters. The number of fused-ring (bicyclic) bond motifs is 1. The molecule has 1 spiro atoms. The van der Waals surface area contributed by atoms with E-state index in [-0.39, 0.29) is 46.4 Å². The van der Waals surface area contributed by atoms with Crippen molar-refractivity contribution in [3.63, 3.8) is 0 Å². The van der Waals surface area contributed by atoms with E-state index in [0.29, 0.717) is 13.0 Å². The predicted octanol–water partition coefficient (Wildman–Crippen LogP) is 3.09. The maximum atomic E-state index is 13.9. The number of halogens is 1. The molecular weight excluding hydrogens is 542 g/mol. The molecule has 1 aromatic carbocycles. The summed E-state index contributed by atoms with van der Waals surface area (Å²) in [6.45, 7) is 10.6. The highest BCUT2D eigenvalue weighted by Crippen LogP contribution is 2.67. The fraction of sp³-hybridized carbons (Fsp3) is 0.667. The Morgan fingerprint density at radius 3 is 2.44 bits per heavy atom. The van der Waals surface area contributed by atoms with Crippen molar-refractivity contribution in [3.8, 4) is 0 Å². The Balaban J connectivity index is 1.61. The first-order chi connectivity index (χ1) is 16.8. The zero-order valence-electron chi connectivity index (χ0n) is 21.7. The largest absolute Gasteiger partial charge is 0.395 e. The molecule has 36 heavy (non-hydrogen) atoms. The van der Waals surface area contributed by atoms with Gasteiger partial charge in [-0.2, -0.15) is 0 Å². The van der Waals surface area contributed by atoms with Gasteiger partial charge in [0.25, 0.3) is 0 Å². The number of nitrogens with one attached hydrogen (secondary N) is 2. The average molecular weight is 581 g/mol. The van der Waals surface area contributed by atoms with E-state index in [1.165, 1.54) is 4.90 Å². The number of likely N-dealkylation sites (tertiary alicyclic amines) is 1. The molecule has 3 fully saturated rings. The van der Waals surface area contributed by atoms with E-state index in [2.05, 4.69) is 47.3 Å². The highest BCUT2D eigenvalue weighted by atomic mass is 79.9. The Morgan fingerprint density at radius 2 is 1.83 bits per heavy atom. The minimum absolute atomic E-state index is 0.0112. The number of aliphatic hydroxyl groups excluding tert-OH is 1. The lowest BCUT2D eigenvalue weighted by molar-refractivity contribution is -0.140. The first-order valence-electron chi connectivity index (χ1n) is 12.7. The van der Waals surface area contributed by atoms with Gasteiger partial charge in [-0.25, -0.2) is 0 Å². The van der Waals surface area contributed by atoms with Crippen LogP contribution in [0.15, 0.2) is 30.3 Å². The second-order valence-electron chi connectivity index (χ2n) is 12.2. The van der Waals surface area contributed by atoms with E-state index in [1.807, 2.05) is 44.2 Å². The molecule has 2 bridgehead atoms. The third kappa shape index (κ3) is 5.07. The fourth-order valence-corrected chi connectivity index (χ4v) is 10.4. The smallest absolute Gasteiger partial charge is 0.244 e. The van der Waals surface area contributed by atoms with Crippen LogP contribution in [0, 0.1) is 17.3 Å². The summed E-state index contributed by atoms with van der Waals surface area (Å²) in [5, 5.41) is 15.9. The Bertz CT molecular complexity index is 1010. The molecule has 3 amide bonds. The summed E-state index contributed by atoms with van der Waals surface area (Å²) in [5.74, 6) is -1.69. The van der Waals surface area contributed by atoms with Crippen LogP contribution in [-0.4, -0.2) is 67.3 Å². The molecule has 3 saturated heterocycles. The Hall–Kier alpha value is -1.58. The van der Waals surface area contributed by atoms with Gasteiger partial charge in [0.05, 0.1) is 23.2 Å². The van der Waals surface area contributed by atoms with E-state index in [1.54, 1.807) is 11.8 Å². The van der Waals surface area contributed by atoms with Crippen molar-refractivity contribution in [1.82, 2.24) is 15.5 Å². The van der Waals surface area contributed by atoms with Crippen molar-refractivity contribution in [1.29, 1.82) is 0 Å². The number of carbonyl (C=O) groups is 3. The van der Waals surface area contributed by atoms with Crippen molar-refractivity contribution in [2.45, 2.75) is 80.4 Å². The lowest BCUT2D eigenvalue weighted by atomic mass is 9.70. The van der Waals surface area contributed by atoms with E-state index >= 15 is 0 Å². The molecule has 4 rings (SSSR count). The number of rotatable bonds is 8. The van der Waals surface area contributed by atoms with Gasteiger partial charge < -0.3 is 20.6 Å². The van der Waals surface area contributed by atoms with Gasteiger partial charge in [-0.1, -0.05) is 67.0 Å². The highest BCUT2D eigenvalue weighted by molar-refractivity contribution is 9.09. The lowest BCUT2D eigenvalue weighted by Gasteiger charge is -2.39. The van der Waals surface area contributed by atoms with Crippen LogP contribution < -0.4 is 10.6 Å². The van der Waals surface area contributed by atoms with Gasteiger partial charge in [-0.15, -0.1) is 11.8 Å². The molecule has 0 aliphatic carbocycles. The van der Waals surface area contributed by atoms with Crippen LogP contribution >= 0.6 is 27.7 Å². The van der Waals surface area contributed by atoms with Crippen molar-refractivity contribution >= 4 is 45.4 Å². The van der Waals surface area contributed by atoms with E-state index in [9.17, 15) is 19.5 Å². The van der Waals surface area contributed by atoms with Gasteiger partial charge in [0, 0.05) is 28.7 Å². The minimum atomic E-state index is -0.733. The number of thioether (sulfide) groups is 1. The maximum Gasteiger partial charge on any atom is 0.244 e. The number of nitrogens with zero attached hydrogens (tertiary/aromatic N) is 1. The van der Waals surface area contributed by atoms with Gasteiger partial charge >= 0.3 is 0 Å². The van der Waals surface area contributed by atoms with Gasteiger partial charge in [-0.05, 0) is 37.7 Å². The zero-order chi connectivity index (χ0) is 26.5. The summed E-state index contributed by atoms with van der Waals surface area (Å²) in [5.41, 5.74) is 0.529. The molecule has 3 aliphatic rings. The summed E-state index contributed by atoms with van der Waals surface area (Å²) in [7, 11) is 0. The summed E-state index contributed by atoms with van der Waals surface area (Å²) < 4.78 is -0.707. The van der Waals surface area contributed by atoms with E-state index in [4.69, 9.17) is 0 Å². The number of aliphatic hydroxyl groups is 1. The number of alkyl halides is 1. The molecule has 1 aromatic rings. The van der Waals surface area contributed by atoms with Crippen LogP contribution in [0.2, 0.25) is 0 Å². The Kier molecular flexibility index (Phi) is 7.59. The monoisotopic (exact) mass is 579 g/mol. The summed E-state index contributed by atoms with van der Waals surface area (Å²) in [6, 6.07) is 8.95. The number of benzene rings is 1. The van der Waals surface area contributed by atoms with Crippen LogP contribution in [0.4, 0.5) is 0 Å². The molecule has 0 saturated carbocycles. The SMILES string of the molecule is CC(C)(C)CC(C)(C)NC(=O)C1N(CCO)C(=O)[C@@H]2[C@H](C(=O)NCc3ccccc3)[C@H]3SC12CC3Br. The van der Waals surface area contributed by atoms with Crippen LogP contribution in [0.1, 0.15) is 53.0 Å². The molecule has 0 radical (unpaired) electrons. The highest BCUT2D eigenvalue weighted by Gasteiger charge is 2.75. The third-order valence-corrected chi connectivity index (χ3v) is 10.6. The average Bonchev–Trinajstić information content (AvgIpc) is 3.35. The standard InChI is InChI=1S/C27H38BrN3O4S/c1-25(2,3)15-26(4,5)30-23(34)21-27-13-17(28)20(36-27)18(19(27)24(35)31(21)11-12-32)22(33)29-14-16-9-7-6-8-10-16/h6-10,17-21,32H,11-15H2,1-5H3,(H,29,33)(H,30,34)/t17?,18-,19-,20-,21?,27?/m0/s1. The van der Waals surface area contributed by atoms with Crippen molar-refractivity contribution in [3.05, 3.63) is 35.9 Å². The van der Waals surface area contributed by atoms with Gasteiger partial charge in [0.2, 0.25) is 17.7 Å². The minimum Gasteiger partial charge on any atom is -0.395 e. The first-order valence-corrected chi connectivity index (χ1v) is 14.5. The summed E-state index contributed by atoms with van der Waals surface area (Å²) in [4.78, 5) is 42.7. The normalized spacial score (nSPS) is 31.5. The van der Waals surface area contributed by atoms with E-state index in [0.717, 1.165) is 12.0 Å². The molecular formula is C27H38BrN3O4S. The van der Waals surface area contributed by atoms with E-state index < -0.39 is 28.2 Å².